The van der Waals surface area contributed by atoms with Crippen molar-refractivity contribution in [3.8, 4) is 0 Å². The number of aliphatic hydroxyl groups is 1. The first-order valence-corrected chi connectivity index (χ1v) is 11.2. The minimum atomic E-state index is -3.39. The predicted octanol–water partition coefficient (Wildman–Crippen LogP) is 1.85. The summed E-state index contributed by atoms with van der Waals surface area (Å²) in [4.78, 5) is 5.44. The molecule has 9 heteroatoms. The van der Waals surface area contributed by atoms with E-state index in [1.807, 2.05) is 6.92 Å². The summed E-state index contributed by atoms with van der Waals surface area (Å²) in [5.74, 6) is 1.12. The lowest BCUT2D eigenvalue weighted by molar-refractivity contribution is 0.251. The van der Waals surface area contributed by atoms with Crippen molar-refractivity contribution in [3.63, 3.8) is 0 Å². The molecule has 0 amide bonds. The third kappa shape index (κ3) is 7.22. The number of hydrogen-bond acceptors (Lipinski definition) is 5. The number of nitrogens with zero attached hydrogens (tertiary/aromatic N) is 2. The van der Waals surface area contributed by atoms with Gasteiger partial charge in [0.05, 0.1) is 6.54 Å². The number of aliphatic hydroxyl groups excluding tert-OH is 1. The van der Waals surface area contributed by atoms with E-state index in [9.17, 15) is 8.42 Å². The zero-order valence-electron chi connectivity index (χ0n) is 16.2. The van der Waals surface area contributed by atoms with Gasteiger partial charge in [0.15, 0.2) is 5.96 Å². The summed E-state index contributed by atoms with van der Waals surface area (Å²) >= 11 is 1.24. The quantitative estimate of drug-likeness (QED) is 0.387. The fourth-order valence-corrected chi connectivity index (χ4v) is 4.89. The molecular weight excluding hydrogens is 372 g/mol. The summed E-state index contributed by atoms with van der Waals surface area (Å²) < 4.78 is 25.8. The van der Waals surface area contributed by atoms with Crippen molar-refractivity contribution in [2.75, 3.05) is 33.8 Å². The Hall–Kier alpha value is -1.16. The fraction of sp³-hybridized carbons (Fsp3) is 0.706. The van der Waals surface area contributed by atoms with Crippen LogP contribution in [0.15, 0.2) is 21.3 Å². The second-order valence-electron chi connectivity index (χ2n) is 6.25. The first-order chi connectivity index (χ1) is 12.3. The third-order valence-corrected chi connectivity index (χ3v) is 7.25. The molecule has 7 nitrogen and oxygen atoms in total. The Balaban J connectivity index is 2.73. The van der Waals surface area contributed by atoms with Gasteiger partial charge in [0, 0.05) is 38.7 Å². The Kier molecular flexibility index (Phi) is 10.1. The van der Waals surface area contributed by atoms with Crippen LogP contribution in [-0.4, -0.2) is 57.6 Å². The molecule has 0 spiro atoms. The highest BCUT2D eigenvalue weighted by Gasteiger charge is 2.19. The highest BCUT2D eigenvalue weighted by molar-refractivity contribution is 7.91. The molecule has 1 unspecified atom stereocenters. The van der Waals surface area contributed by atoms with Gasteiger partial charge in [-0.25, -0.2) is 17.7 Å². The molecule has 1 rings (SSSR count). The van der Waals surface area contributed by atoms with E-state index in [2.05, 4.69) is 22.5 Å². The van der Waals surface area contributed by atoms with Crippen LogP contribution in [-0.2, 0) is 16.6 Å². The summed E-state index contributed by atoms with van der Waals surface area (Å²) in [7, 11) is -0.337. The van der Waals surface area contributed by atoms with Crippen molar-refractivity contribution in [2.45, 2.75) is 43.9 Å². The molecule has 1 aromatic heterocycles. The van der Waals surface area contributed by atoms with Crippen LogP contribution in [0.2, 0.25) is 0 Å². The largest absolute Gasteiger partial charge is 0.396 e. The second-order valence-corrected chi connectivity index (χ2v) is 9.80. The molecule has 3 N–H and O–H groups in total. The number of nitrogens with one attached hydrogen (secondary N) is 2. The van der Waals surface area contributed by atoms with Crippen LogP contribution in [0.25, 0.3) is 0 Å². The van der Waals surface area contributed by atoms with Gasteiger partial charge in [0.2, 0.25) is 0 Å². The maximum Gasteiger partial charge on any atom is 0.252 e. The van der Waals surface area contributed by atoms with E-state index >= 15 is 0 Å². The Bertz CT molecular complexity index is 651. The van der Waals surface area contributed by atoms with Crippen LogP contribution in [0.5, 0.6) is 0 Å². The molecule has 26 heavy (non-hydrogen) atoms. The van der Waals surface area contributed by atoms with E-state index in [4.69, 9.17) is 5.11 Å². The average Bonchev–Trinajstić information content (AvgIpc) is 3.07. The van der Waals surface area contributed by atoms with Gasteiger partial charge >= 0.3 is 0 Å². The van der Waals surface area contributed by atoms with E-state index in [0.717, 1.165) is 37.2 Å². The summed E-state index contributed by atoms with van der Waals surface area (Å²) in [5, 5.41) is 15.7. The van der Waals surface area contributed by atoms with E-state index in [-0.39, 0.29) is 6.61 Å². The molecule has 1 aromatic rings. The maximum absolute atomic E-state index is 12.1. The Morgan fingerprint density at radius 1 is 1.27 bits per heavy atom. The summed E-state index contributed by atoms with van der Waals surface area (Å²) in [6.45, 7) is 6.25. The molecule has 0 aromatic carbocycles. The van der Waals surface area contributed by atoms with Gasteiger partial charge < -0.3 is 15.7 Å². The fourth-order valence-electron chi connectivity index (χ4n) is 2.44. The standard InChI is InChI=1S/C17H32N4O3S2/c1-5-7-14(10-11-22)12-19-17(18-6-2)20-13-15-8-9-16(25-15)26(23,24)21(3)4/h8-9,14,22H,5-7,10-13H2,1-4H3,(H2,18,19,20). The smallest absolute Gasteiger partial charge is 0.252 e. The zero-order valence-corrected chi connectivity index (χ0v) is 17.8. The molecule has 150 valence electrons. The highest BCUT2D eigenvalue weighted by atomic mass is 32.2. The third-order valence-electron chi connectivity index (χ3n) is 3.90. The first kappa shape index (κ1) is 22.9. The average molecular weight is 405 g/mol. The lowest BCUT2D eigenvalue weighted by Gasteiger charge is -2.18. The van der Waals surface area contributed by atoms with Crippen LogP contribution in [0.1, 0.15) is 38.0 Å². The number of guanidine groups is 1. The van der Waals surface area contributed by atoms with Crippen LogP contribution >= 0.6 is 11.3 Å². The van der Waals surface area contributed by atoms with E-state index in [1.54, 1.807) is 12.1 Å². The van der Waals surface area contributed by atoms with Gasteiger partial charge in [0.1, 0.15) is 4.21 Å². The van der Waals surface area contributed by atoms with Crippen molar-refractivity contribution < 1.29 is 13.5 Å². The number of hydrogen-bond donors (Lipinski definition) is 3. The van der Waals surface area contributed by atoms with Crippen LogP contribution in [0.3, 0.4) is 0 Å². The second kappa shape index (κ2) is 11.5. The van der Waals surface area contributed by atoms with Crippen molar-refractivity contribution in [3.05, 3.63) is 17.0 Å². The molecule has 0 saturated carbocycles. The molecule has 1 atom stereocenters. The molecule has 0 aliphatic carbocycles. The number of rotatable bonds is 11. The Labute approximate surface area is 161 Å². The van der Waals surface area contributed by atoms with Crippen LogP contribution in [0, 0.1) is 5.92 Å². The van der Waals surface area contributed by atoms with Crippen molar-refractivity contribution >= 4 is 27.3 Å². The highest BCUT2D eigenvalue weighted by Crippen LogP contribution is 2.24. The van der Waals surface area contributed by atoms with Gasteiger partial charge in [-0.05, 0) is 37.8 Å². The van der Waals surface area contributed by atoms with Crippen LogP contribution in [0.4, 0.5) is 0 Å². The van der Waals surface area contributed by atoms with E-state index in [0.29, 0.717) is 22.6 Å². The van der Waals surface area contributed by atoms with E-state index < -0.39 is 10.0 Å². The van der Waals surface area contributed by atoms with Gasteiger partial charge in [-0.15, -0.1) is 11.3 Å². The maximum atomic E-state index is 12.1. The number of sulfonamides is 1. The zero-order chi connectivity index (χ0) is 19.6. The summed E-state index contributed by atoms with van der Waals surface area (Å²) in [6, 6.07) is 3.43. The normalized spacial score (nSPS) is 13.8. The summed E-state index contributed by atoms with van der Waals surface area (Å²) in [6.07, 6.45) is 2.92. The minimum absolute atomic E-state index is 0.193. The van der Waals surface area contributed by atoms with Gasteiger partial charge in [0.25, 0.3) is 10.0 Å². The number of aliphatic imine (C=N–C) groups is 1. The molecule has 0 saturated heterocycles. The molecule has 0 radical (unpaired) electrons. The van der Waals surface area contributed by atoms with Gasteiger partial charge in [-0.1, -0.05) is 13.3 Å². The number of thiophene rings is 1. The van der Waals surface area contributed by atoms with E-state index in [1.165, 1.54) is 29.7 Å². The molecular formula is C17H32N4O3S2. The monoisotopic (exact) mass is 404 g/mol. The first-order valence-electron chi connectivity index (χ1n) is 8.99. The lowest BCUT2D eigenvalue weighted by atomic mass is 10.0. The predicted molar refractivity (Wildman–Crippen MR) is 108 cm³/mol. The molecule has 0 aliphatic rings. The minimum Gasteiger partial charge on any atom is -0.396 e. The molecule has 0 aliphatic heterocycles. The topological polar surface area (TPSA) is 94.0 Å². The molecule has 0 bridgehead atoms. The van der Waals surface area contributed by atoms with Crippen molar-refractivity contribution in [2.24, 2.45) is 10.9 Å². The lowest BCUT2D eigenvalue weighted by Crippen LogP contribution is -2.40. The molecule has 1 heterocycles. The Morgan fingerprint density at radius 2 is 2.00 bits per heavy atom. The summed E-state index contributed by atoms with van der Waals surface area (Å²) in [5.41, 5.74) is 0. The van der Waals surface area contributed by atoms with Crippen molar-refractivity contribution in [1.82, 2.24) is 14.9 Å². The van der Waals surface area contributed by atoms with Gasteiger partial charge in [-0.2, -0.15) is 0 Å². The Morgan fingerprint density at radius 3 is 2.58 bits per heavy atom. The SMILES string of the molecule is CCCC(CCO)CNC(=NCc1ccc(S(=O)(=O)N(C)C)s1)NCC. The van der Waals surface area contributed by atoms with Crippen LogP contribution < -0.4 is 10.6 Å². The van der Waals surface area contributed by atoms with Gasteiger partial charge in [-0.3, -0.25) is 0 Å². The molecule has 0 fully saturated rings. The van der Waals surface area contributed by atoms with Crippen molar-refractivity contribution in [1.29, 1.82) is 0 Å².